The number of pyridine rings is 1. The van der Waals surface area contributed by atoms with E-state index in [2.05, 4.69) is 15.0 Å². The quantitative estimate of drug-likeness (QED) is 0.825. The number of nitrogens with one attached hydrogen (secondary N) is 2. The van der Waals surface area contributed by atoms with E-state index in [9.17, 15) is 8.42 Å². The average Bonchev–Trinajstić information content (AvgIpc) is 2.78. The summed E-state index contributed by atoms with van der Waals surface area (Å²) in [7, 11) is -1.80. The van der Waals surface area contributed by atoms with Gasteiger partial charge in [0, 0.05) is 12.7 Å². The molecule has 2 aromatic heterocycles. The van der Waals surface area contributed by atoms with E-state index in [1.165, 1.54) is 7.05 Å². The van der Waals surface area contributed by atoms with Gasteiger partial charge in [0.2, 0.25) is 10.0 Å². The standard InChI is InChI=1S/C10H13N3O3S/c1-11-17(14,15)7-5-13-10-8-3-6-16-9(8)2-4-12-10/h2-4,6,11H,5,7H2,1H3,(H,12,13). The summed E-state index contributed by atoms with van der Waals surface area (Å²) in [6, 6.07) is 3.54. The number of furan rings is 1. The molecule has 0 atom stereocenters. The lowest BCUT2D eigenvalue weighted by Gasteiger charge is -2.06. The van der Waals surface area contributed by atoms with Crippen molar-refractivity contribution in [3.8, 4) is 0 Å². The molecule has 0 aliphatic heterocycles. The van der Waals surface area contributed by atoms with Gasteiger partial charge in [-0.3, -0.25) is 0 Å². The topological polar surface area (TPSA) is 84.2 Å². The van der Waals surface area contributed by atoms with Crippen LogP contribution in [0.2, 0.25) is 0 Å². The third kappa shape index (κ3) is 2.75. The third-order valence-electron chi connectivity index (χ3n) is 2.35. The van der Waals surface area contributed by atoms with Crippen molar-refractivity contribution in [3.05, 3.63) is 24.6 Å². The highest BCUT2D eigenvalue weighted by atomic mass is 32.2. The van der Waals surface area contributed by atoms with Crippen molar-refractivity contribution < 1.29 is 12.8 Å². The first-order valence-electron chi connectivity index (χ1n) is 5.10. The van der Waals surface area contributed by atoms with Crippen molar-refractivity contribution in [1.29, 1.82) is 0 Å². The van der Waals surface area contributed by atoms with E-state index >= 15 is 0 Å². The van der Waals surface area contributed by atoms with E-state index in [4.69, 9.17) is 4.42 Å². The van der Waals surface area contributed by atoms with E-state index in [1.807, 2.05) is 0 Å². The Morgan fingerprint density at radius 1 is 1.41 bits per heavy atom. The maximum absolute atomic E-state index is 11.2. The number of hydrogen-bond acceptors (Lipinski definition) is 5. The first-order chi connectivity index (χ1) is 8.12. The maximum atomic E-state index is 11.2. The Labute approximate surface area is 99.1 Å². The van der Waals surface area contributed by atoms with Crippen LogP contribution in [0.5, 0.6) is 0 Å². The molecule has 2 N–H and O–H groups in total. The van der Waals surface area contributed by atoms with Crippen LogP contribution < -0.4 is 10.0 Å². The number of anilines is 1. The van der Waals surface area contributed by atoms with Gasteiger partial charge in [-0.15, -0.1) is 0 Å². The fourth-order valence-corrected chi connectivity index (χ4v) is 2.02. The molecule has 0 amide bonds. The molecule has 2 aromatic rings. The summed E-state index contributed by atoms with van der Waals surface area (Å²) in [6.45, 7) is 0.292. The molecule has 6 nitrogen and oxygen atoms in total. The summed E-state index contributed by atoms with van der Waals surface area (Å²) in [6.07, 6.45) is 3.18. The number of nitrogens with zero attached hydrogens (tertiary/aromatic N) is 1. The van der Waals surface area contributed by atoms with Crippen LogP contribution in [0.1, 0.15) is 0 Å². The highest BCUT2D eigenvalue weighted by Crippen LogP contribution is 2.21. The smallest absolute Gasteiger partial charge is 0.213 e. The van der Waals surface area contributed by atoms with Gasteiger partial charge in [-0.25, -0.2) is 18.1 Å². The van der Waals surface area contributed by atoms with E-state index in [-0.39, 0.29) is 5.75 Å². The largest absolute Gasteiger partial charge is 0.464 e. The van der Waals surface area contributed by atoms with Crippen LogP contribution in [0.4, 0.5) is 5.82 Å². The molecule has 0 unspecified atom stereocenters. The normalized spacial score (nSPS) is 11.8. The molecule has 0 saturated heterocycles. The number of hydrogen-bond donors (Lipinski definition) is 2. The minimum absolute atomic E-state index is 0.000576. The van der Waals surface area contributed by atoms with Gasteiger partial charge in [-0.2, -0.15) is 0 Å². The zero-order valence-corrected chi connectivity index (χ0v) is 10.1. The second-order valence-corrected chi connectivity index (χ2v) is 5.49. The monoisotopic (exact) mass is 255 g/mol. The molecule has 0 bridgehead atoms. The highest BCUT2D eigenvalue weighted by molar-refractivity contribution is 7.89. The first kappa shape index (κ1) is 11.9. The van der Waals surface area contributed by atoms with Crippen LogP contribution in [0.15, 0.2) is 29.0 Å². The lowest BCUT2D eigenvalue weighted by molar-refractivity contribution is 0.588. The van der Waals surface area contributed by atoms with Crippen molar-refractivity contribution in [2.75, 3.05) is 24.7 Å². The molecule has 7 heteroatoms. The highest BCUT2D eigenvalue weighted by Gasteiger charge is 2.08. The second-order valence-electron chi connectivity index (χ2n) is 3.44. The summed E-state index contributed by atoms with van der Waals surface area (Å²) in [5.74, 6) is 0.627. The molecule has 0 aromatic carbocycles. The van der Waals surface area contributed by atoms with E-state index in [0.717, 1.165) is 11.0 Å². The average molecular weight is 255 g/mol. The minimum atomic E-state index is -3.19. The molecule has 17 heavy (non-hydrogen) atoms. The summed E-state index contributed by atoms with van der Waals surface area (Å²) in [5.41, 5.74) is 0.721. The maximum Gasteiger partial charge on any atom is 0.213 e. The molecular formula is C10H13N3O3S. The summed E-state index contributed by atoms with van der Waals surface area (Å²) < 4.78 is 29.9. The Bertz CT molecular complexity index is 606. The Balaban J connectivity index is 2.07. The Kier molecular flexibility index (Phi) is 3.30. The zero-order chi connectivity index (χ0) is 12.3. The predicted molar refractivity (Wildman–Crippen MR) is 65.3 cm³/mol. The van der Waals surface area contributed by atoms with Crippen molar-refractivity contribution in [1.82, 2.24) is 9.71 Å². The summed E-state index contributed by atoms with van der Waals surface area (Å²) in [4.78, 5) is 4.14. The minimum Gasteiger partial charge on any atom is -0.464 e. The molecular weight excluding hydrogens is 242 g/mol. The second kappa shape index (κ2) is 4.72. The van der Waals surface area contributed by atoms with Gasteiger partial charge in [-0.1, -0.05) is 0 Å². The van der Waals surface area contributed by atoms with Crippen LogP contribution in [-0.4, -0.2) is 32.7 Å². The van der Waals surface area contributed by atoms with Gasteiger partial charge in [-0.05, 0) is 19.2 Å². The third-order valence-corrected chi connectivity index (χ3v) is 3.72. The SMILES string of the molecule is CNS(=O)(=O)CCNc1nccc2occc12. The first-order valence-corrected chi connectivity index (χ1v) is 6.75. The number of aromatic nitrogens is 1. The van der Waals surface area contributed by atoms with Crippen molar-refractivity contribution in [2.45, 2.75) is 0 Å². The van der Waals surface area contributed by atoms with E-state index in [0.29, 0.717) is 12.4 Å². The number of sulfonamides is 1. The molecule has 0 fully saturated rings. The van der Waals surface area contributed by atoms with Gasteiger partial charge >= 0.3 is 0 Å². The van der Waals surface area contributed by atoms with Gasteiger partial charge in [0.25, 0.3) is 0 Å². The lowest BCUT2D eigenvalue weighted by atomic mass is 10.3. The molecule has 0 radical (unpaired) electrons. The number of fused-ring (bicyclic) bond motifs is 1. The van der Waals surface area contributed by atoms with Gasteiger partial charge in [0.15, 0.2) is 0 Å². The molecule has 0 saturated carbocycles. The van der Waals surface area contributed by atoms with Gasteiger partial charge in [0.05, 0.1) is 17.4 Å². The fourth-order valence-electron chi connectivity index (χ4n) is 1.44. The molecule has 92 valence electrons. The van der Waals surface area contributed by atoms with Gasteiger partial charge < -0.3 is 9.73 Å². The zero-order valence-electron chi connectivity index (χ0n) is 9.30. The van der Waals surface area contributed by atoms with Crippen LogP contribution in [-0.2, 0) is 10.0 Å². The molecule has 0 spiro atoms. The molecule has 2 rings (SSSR count). The number of rotatable bonds is 5. The fraction of sp³-hybridized carbons (Fsp3) is 0.300. The van der Waals surface area contributed by atoms with Crippen LogP contribution >= 0.6 is 0 Å². The van der Waals surface area contributed by atoms with Crippen LogP contribution in [0.25, 0.3) is 11.0 Å². The van der Waals surface area contributed by atoms with Gasteiger partial charge in [0.1, 0.15) is 11.4 Å². The van der Waals surface area contributed by atoms with E-state index < -0.39 is 10.0 Å². The Morgan fingerprint density at radius 3 is 3.00 bits per heavy atom. The van der Waals surface area contributed by atoms with Crippen molar-refractivity contribution in [3.63, 3.8) is 0 Å². The lowest BCUT2D eigenvalue weighted by Crippen LogP contribution is -2.26. The van der Waals surface area contributed by atoms with Crippen molar-refractivity contribution in [2.24, 2.45) is 0 Å². The Morgan fingerprint density at radius 2 is 2.24 bits per heavy atom. The molecule has 0 aliphatic rings. The van der Waals surface area contributed by atoms with Crippen LogP contribution in [0.3, 0.4) is 0 Å². The Hall–Kier alpha value is -1.60. The summed E-state index contributed by atoms with van der Waals surface area (Å²) >= 11 is 0. The van der Waals surface area contributed by atoms with Crippen LogP contribution in [0, 0.1) is 0 Å². The van der Waals surface area contributed by atoms with Crippen molar-refractivity contribution >= 4 is 26.8 Å². The van der Waals surface area contributed by atoms with E-state index in [1.54, 1.807) is 24.6 Å². The molecule has 0 aliphatic carbocycles. The molecule has 2 heterocycles. The predicted octanol–water partition coefficient (Wildman–Crippen LogP) is 0.789. The summed E-state index contributed by atoms with van der Waals surface area (Å²) in [5, 5.41) is 3.82.